The second kappa shape index (κ2) is 6.22. The second-order valence-corrected chi connectivity index (χ2v) is 7.23. The molecule has 4 rings (SSSR count). The number of hydrogen-bond donors (Lipinski definition) is 4. The van der Waals surface area contributed by atoms with Crippen LogP contribution in [0, 0.1) is 6.92 Å². The van der Waals surface area contributed by atoms with Crippen molar-refractivity contribution in [2.24, 2.45) is 0 Å². The van der Waals surface area contributed by atoms with Gasteiger partial charge in [-0.25, -0.2) is 0 Å². The lowest BCUT2D eigenvalue weighted by molar-refractivity contribution is -0.0346. The highest BCUT2D eigenvalue weighted by Gasteiger charge is 2.43. The van der Waals surface area contributed by atoms with Gasteiger partial charge in [-0.15, -0.1) is 0 Å². The summed E-state index contributed by atoms with van der Waals surface area (Å²) in [6.07, 6.45) is -1.47. The Bertz CT molecular complexity index is 1210. The monoisotopic (exact) mass is 386 g/mol. The number of aromatic hydroxyl groups is 2. The third-order valence-electron chi connectivity index (χ3n) is 4.98. The molecule has 8 nitrogen and oxygen atoms in total. The standard InChI is InChI=1S/C20H18O8/c1-9-2-10(21)4-14-17(9)19(25)18-15(28-14)5-12(23)7-20(18,26)8-13-3-11(22)6-16(24)27-13/h2-4,6,12,21,23-24,26H,5,7-8H2,1H3/t12-,20?/m0/s1. The highest BCUT2D eigenvalue weighted by atomic mass is 16.5. The maximum absolute atomic E-state index is 13.2. The first kappa shape index (κ1) is 18.3. The Morgan fingerprint density at radius 3 is 2.61 bits per heavy atom. The Hall–Kier alpha value is -3.10. The van der Waals surface area contributed by atoms with Gasteiger partial charge in [0.15, 0.2) is 10.9 Å². The molecule has 146 valence electrons. The number of phenolic OH excluding ortho intramolecular Hbond substituents is 1. The molecule has 0 bridgehead atoms. The highest BCUT2D eigenvalue weighted by Crippen LogP contribution is 2.38. The van der Waals surface area contributed by atoms with Crippen molar-refractivity contribution in [3.05, 3.63) is 67.4 Å². The minimum Gasteiger partial charge on any atom is -0.508 e. The van der Waals surface area contributed by atoms with Crippen LogP contribution in [0.4, 0.5) is 0 Å². The topological polar surface area (TPSA) is 141 Å². The molecule has 0 aliphatic heterocycles. The first-order valence-electron chi connectivity index (χ1n) is 8.69. The first-order valence-corrected chi connectivity index (χ1v) is 8.69. The van der Waals surface area contributed by atoms with Crippen molar-refractivity contribution in [1.29, 1.82) is 0 Å². The van der Waals surface area contributed by atoms with Gasteiger partial charge in [0.2, 0.25) is 0 Å². The fourth-order valence-corrected chi connectivity index (χ4v) is 3.99. The summed E-state index contributed by atoms with van der Waals surface area (Å²) in [5.74, 6) is -0.610. The van der Waals surface area contributed by atoms with Crippen molar-refractivity contribution < 1.29 is 29.3 Å². The van der Waals surface area contributed by atoms with Crippen LogP contribution in [-0.4, -0.2) is 26.5 Å². The Morgan fingerprint density at radius 1 is 1.14 bits per heavy atom. The Morgan fingerprint density at radius 2 is 1.89 bits per heavy atom. The molecule has 1 unspecified atom stereocenters. The summed E-state index contributed by atoms with van der Waals surface area (Å²) in [4.78, 5) is 24.9. The lowest BCUT2D eigenvalue weighted by Gasteiger charge is -2.35. The molecule has 4 N–H and O–H groups in total. The summed E-state index contributed by atoms with van der Waals surface area (Å²) in [7, 11) is 0. The number of aliphatic hydroxyl groups is 2. The van der Waals surface area contributed by atoms with E-state index in [1.807, 2.05) is 0 Å². The van der Waals surface area contributed by atoms with Gasteiger partial charge in [0, 0.05) is 31.4 Å². The van der Waals surface area contributed by atoms with Crippen LogP contribution < -0.4 is 10.9 Å². The van der Waals surface area contributed by atoms with Crippen LogP contribution in [0.1, 0.15) is 29.1 Å². The normalized spacial score (nSPS) is 21.6. The van der Waals surface area contributed by atoms with Crippen molar-refractivity contribution in [2.45, 2.75) is 37.9 Å². The molecule has 0 saturated heterocycles. The van der Waals surface area contributed by atoms with Crippen molar-refractivity contribution in [2.75, 3.05) is 0 Å². The molecule has 0 radical (unpaired) electrons. The number of benzene rings is 1. The van der Waals surface area contributed by atoms with Crippen molar-refractivity contribution >= 4 is 11.0 Å². The van der Waals surface area contributed by atoms with Crippen LogP contribution in [0.2, 0.25) is 0 Å². The van der Waals surface area contributed by atoms with Crippen molar-refractivity contribution in [1.82, 2.24) is 0 Å². The molecule has 0 fully saturated rings. The number of rotatable bonds is 2. The molecule has 2 heterocycles. The van der Waals surface area contributed by atoms with E-state index in [2.05, 4.69) is 0 Å². The van der Waals surface area contributed by atoms with Crippen molar-refractivity contribution in [3.63, 3.8) is 0 Å². The first-order chi connectivity index (χ1) is 13.2. The zero-order chi connectivity index (χ0) is 20.2. The summed E-state index contributed by atoms with van der Waals surface area (Å²) in [5.41, 5.74) is -2.26. The zero-order valence-electron chi connectivity index (χ0n) is 14.9. The van der Waals surface area contributed by atoms with Crippen molar-refractivity contribution in [3.8, 4) is 11.7 Å². The van der Waals surface area contributed by atoms with Gasteiger partial charge >= 0.3 is 0 Å². The predicted octanol–water partition coefficient (Wildman–Crippen LogP) is 1.20. The molecule has 28 heavy (non-hydrogen) atoms. The van der Waals surface area contributed by atoms with Gasteiger partial charge in [0.25, 0.3) is 5.95 Å². The van der Waals surface area contributed by atoms with Crippen LogP contribution >= 0.6 is 0 Å². The molecule has 2 atom stereocenters. The van der Waals surface area contributed by atoms with Gasteiger partial charge in [0.1, 0.15) is 28.5 Å². The smallest absolute Gasteiger partial charge is 0.285 e. The number of hydrogen-bond acceptors (Lipinski definition) is 8. The second-order valence-electron chi connectivity index (χ2n) is 7.23. The molecule has 3 aromatic rings. The summed E-state index contributed by atoms with van der Waals surface area (Å²) < 4.78 is 10.8. The van der Waals surface area contributed by atoms with Gasteiger partial charge < -0.3 is 29.3 Å². The molecule has 0 spiro atoms. The van der Waals surface area contributed by atoms with E-state index < -0.39 is 28.5 Å². The quantitative estimate of drug-likeness (QED) is 0.515. The van der Waals surface area contributed by atoms with E-state index in [4.69, 9.17) is 8.83 Å². The molecule has 8 heteroatoms. The molecular weight excluding hydrogens is 368 g/mol. The molecule has 1 aliphatic carbocycles. The molecule has 2 aromatic heterocycles. The number of aliphatic hydroxyl groups excluding tert-OH is 1. The maximum Gasteiger partial charge on any atom is 0.285 e. The SMILES string of the molecule is Cc1cc(O)cc2oc3c(c(=O)c12)C(O)(Cc1cc(=O)cc(O)o1)C[C@@H](O)C3. The number of aryl methyl sites for hydroxylation is 1. The predicted molar refractivity (Wildman–Crippen MR) is 97.5 cm³/mol. The van der Waals surface area contributed by atoms with E-state index in [0.717, 1.165) is 12.1 Å². The van der Waals surface area contributed by atoms with Gasteiger partial charge in [0.05, 0.1) is 23.1 Å². The minimum absolute atomic E-state index is 0.0154. The molecule has 1 aliphatic rings. The van der Waals surface area contributed by atoms with E-state index in [1.165, 1.54) is 12.1 Å². The summed E-state index contributed by atoms with van der Waals surface area (Å²) in [6.45, 7) is 1.64. The molecule has 1 aromatic carbocycles. The molecule has 0 amide bonds. The third-order valence-corrected chi connectivity index (χ3v) is 4.98. The van der Waals surface area contributed by atoms with E-state index in [9.17, 15) is 30.0 Å². The third kappa shape index (κ3) is 2.96. The van der Waals surface area contributed by atoms with Crippen LogP contribution in [0.3, 0.4) is 0 Å². The highest BCUT2D eigenvalue weighted by molar-refractivity contribution is 5.82. The fraction of sp³-hybridized carbons (Fsp3) is 0.300. The van der Waals surface area contributed by atoms with Crippen LogP contribution in [0.25, 0.3) is 11.0 Å². The number of phenols is 1. The molecule has 0 saturated carbocycles. The van der Waals surface area contributed by atoms with Crippen LogP contribution in [0.15, 0.2) is 42.7 Å². The lowest BCUT2D eigenvalue weighted by Crippen LogP contribution is -2.43. The summed E-state index contributed by atoms with van der Waals surface area (Å²) >= 11 is 0. The van der Waals surface area contributed by atoms with E-state index in [0.29, 0.717) is 5.56 Å². The average Bonchev–Trinajstić information content (AvgIpc) is 2.51. The largest absolute Gasteiger partial charge is 0.508 e. The van der Waals surface area contributed by atoms with E-state index in [1.54, 1.807) is 6.92 Å². The van der Waals surface area contributed by atoms with E-state index >= 15 is 0 Å². The summed E-state index contributed by atoms with van der Waals surface area (Å²) in [6, 6.07) is 4.70. The van der Waals surface area contributed by atoms with Gasteiger partial charge in [-0.1, -0.05) is 0 Å². The molecular formula is C20H18O8. The minimum atomic E-state index is -1.87. The Kier molecular flexibility index (Phi) is 4.06. The average molecular weight is 386 g/mol. The zero-order valence-corrected chi connectivity index (χ0v) is 14.9. The fourth-order valence-electron chi connectivity index (χ4n) is 3.99. The van der Waals surface area contributed by atoms with Crippen LogP contribution in [0.5, 0.6) is 11.7 Å². The lowest BCUT2D eigenvalue weighted by atomic mass is 9.77. The van der Waals surface area contributed by atoms with Gasteiger partial charge in [-0.2, -0.15) is 0 Å². The van der Waals surface area contributed by atoms with E-state index in [-0.39, 0.29) is 53.1 Å². The van der Waals surface area contributed by atoms with Gasteiger partial charge in [-0.3, -0.25) is 9.59 Å². The number of fused-ring (bicyclic) bond motifs is 2. The van der Waals surface area contributed by atoms with Crippen LogP contribution in [-0.2, 0) is 18.4 Å². The summed E-state index contributed by atoms with van der Waals surface area (Å²) in [5, 5.41) is 41.0. The maximum atomic E-state index is 13.2. The Balaban J connectivity index is 1.95. The Labute approximate surface area is 157 Å². The van der Waals surface area contributed by atoms with Gasteiger partial charge in [-0.05, 0) is 18.6 Å².